The number of hydrogen-bond donors (Lipinski definition) is 0. The van der Waals surface area contributed by atoms with Gasteiger partial charge in [0.05, 0.1) is 18.7 Å². The molecule has 1 aromatic heterocycles. The first-order valence-corrected chi connectivity index (χ1v) is 7.64. The number of nitriles is 1. The van der Waals surface area contributed by atoms with Crippen LogP contribution in [0.25, 0.3) is 0 Å². The molecule has 2 aromatic rings. The smallest absolute Gasteiger partial charge is 0.423 e. The van der Waals surface area contributed by atoms with Crippen molar-refractivity contribution in [3.63, 3.8) is 0 Å². The summed E-state index contributed by atoms with van der Waals surface area (Å²) >= 11 is 0. The van der Waals surface area contributed by atoms with Crippen molar-refractivity contribution in [3.05, 3.63) is 53.1 Å². The molecule has 1 aromatic carbocycles. The Morgan fingerprint density at radius 3 is 2.61 bits per heavy atom. The van der Waals surface area contributed by atoms with Gasteiger partial charge < -0.3 is 4.74 Å². The fourth-order valence-electron chi connectivity index (χ4n) is 2.69. The SMILES string of the molecule is N#Cc1cc(CN2C(=O)C(F)(F)Oc3c2ccc(F)c3CC(F)(F)F)ccn1. The summed E-state index contributed by atoms with van der Waals surface area (Å²) in [5.41, 5.74) is -1.41. The highest BCUT2D eigenvalue weighted by atomic mass is 19.4. The van der Waals surface area contributed by atoms with E-state index in [4.69, 9.17) is 5.26 Å². The highest BCUT2D eigenvalue weighted by molar-refractivity contribution is 6.01. The summed E-state index contributed by atoms with van der Waals surface area (Å²) in [6, 6.07) is 5.81. The molecular formula is C17H9F6N3O2. The lowest BCUT2D eigenvalue weighted by Crippen LogP contribution is -2.50. The summed E-state index contributed by atoms with van der Waals surface area (Å²) in [6.07, 6.45) is -10.0. The maximum Gasteiger partial charge on any atom is 0.483 e. The molecule has 11 heteroatoms. The monoisotopic (exact) mass is 401 g/mol. The topological polar surface area (TPSA) is 66.2 Å². The van der Waals surface area contributed by atoms with Crippen LogP contribution in [0.2, 0.25) is 0 Å². The average Bonchev–Trinajstić information content (AvgIpc) is 2.61. The number of pyridine rings is 1. The molecule has 0 fully saturated rings. The first kappa shape index (κ1) is 19.5. The van der Waals surface area contributed by atoms with E-state index in [1.807, 2.05) is 0 Å². The van der Waals surface area contributed by atoms with Crippen LogP contribution in [0.4, 0.5) is 32.0 Å². The lowest BCUT2D eigenvalue weighted by molar-refractivity contribution is -0.193. The molecule has 28 heavy (non-hydrogen) atoms. The van der Waals surface area contributed by atoms with Crippen molar-refractivity contribution in [1.29, 1.82) is 5.26 Å². The van der Waals surface area contributed by atoms with Gasteiger partial charge in [-0.25, -0.2) is 9.37 Å². The summed E-state index contributed by atoms with van der Waals surface area (Å²) in [7, 11) is 0. The molecule has 1 aliphatic heterocycles. The van der Waals surface area contributed by atoms with Gasteiger partial charge >= 0.3 is 18.2 Å². The van der Waals surface area contributed by atoms with Crippen molar-refractivity contribution >= 4 is 11.6 Å². The Bertz CT molecular complexity index is 984. The van der Waals surface area contributed by atoms with E-state index < -0.39 is 54.0 Å². The molecule has 1 aliphatic rings. The predicted octanol–water partition coefficient (Wildman–Crippen LogP) is 3.72. The Morgan fingerprint density at radius 1 is 1.25 bits per heavy atom. The lowest BCUT2D eigenvalue weighted by Gasteiger charge is -2.34. The summed E-state index contributed by atoms with van der Waals surface area (Å²) in [4.78, 5) is 16.3. The molecule has 0 atom stereocenters. The van der Waals surface area contributed by atoms with Crippen LogP contribution in [-0.4, -0.2) is 23.2 Å². The lowest BCUT2D eigenvalue weighted by atomic mass is 10.1. The number of alkyl halides is 5. The molecule has 0 N–H and O–H groups in total. The second-order valence-electron chi connectivity index (χ2n) is 5.84. The van der Waals surface area contributed by atoms with Crippen LogP contribution >= 0.6 is 0 Å². The van der Waals surface area contributed by atoms with Crippen molar-refractivity contribution in [2.75, 3.05) is 4.90 Å². The minimum Gasteiger partial charge on any atom is -0.423 e. The van der Waals surface area contributed by atoms with E-state index in [0.29, 0.717) is 11.0 Å². The molecule has 0 spiro atoms. The van der Waals surface area contributed by atoms with Gasteiger partial charge in [-0.3, -0.25) is 9.69 Å². The molecule has 0 saturated heterocycles. The van der Waals surface area contributed by atoms with Crippen LogP contribution in [0.1, 0.15) is 16.8 Å². The van der Waals surface area contributed by atoms with Gasteiger partial charge in [-0.05, 0) is 29.8 Å². The molecule has 146 valence electrons. The Balaban J connectivity index is 2.11. The van der Waals surface area contributed by atoms with Gasteiger partial charge in [0.1, 0.15) is 17.6 Å². The molecule has 2 heterocycles. The number of hydrogen-bond acceptors (Lipinski definition) is 4. The zero-order valence-electron chi connectivity index (χ0n) is 13.7. The van der Waals surface area contributed by atoms with Crippen molar-refractivity contribution < 1.29 is 35.9 Å². The number of carbonyl (C=O) groups excluding carboxylic acids is 1. The van der Waals surface area contributed by atoms with Gasteiger partial charge in [-0.1, -0.05) is 0 Å². The third-order valence-corrected chi connectivity index (χ3v) is 3.85. The van der Waals surface area contributed by atoms with Gasteiger partial charge in [0.15, 0.2) is 5.75 Å². The Morgan fingerprint density at radius 2 is 1.96 bits per heavy atom. The zero-order valence-corrected chi connectivity index (χ0v) is 13.7. The third-order valence-electron chi connectivity index (χ3n) is 3.85. The second-order valence-corrected chi connectivity index (χ2v) is 5.84. The van der Waals surface area contributed by atoms with Gasteiger partial charge in [0.25, 0.3) is 0 Å². The van der Waals surface area contributed by atoms with Crippen molar-refractivity contribution in [3.8, 4) is 11.8 Å². The number of halogens is 6. The maximum absolute atomic E-state index is 14.0. The molecule has 5 nitrogen and oxygen atoms in total. The second kappa shape index (κ2) is 6.70. The van der Waals surface area contributed by atoms with Crippen LogP contribution < -0.4 is 9.64 Å². The van der Waals surface area contributed by atoms with Crippen molar-refractivity contribution in [2.24, 2.45) is 0 Å². The van der Waals surface area contributed by atoms with Gasteiger partial charge in [-0.2, -0.15) is 27.2 Å². The Hall–Kier alpha value is -3.29. The van der Waals surface area contributed by atoms with Crippen molar-refractivity contribution in [1.82, 2.24) is 4.98 Å². The van der Waals surface area contributed by atoms with Gasteiger partial charge in [0, 0.05) is 11.8 Å². The number of anilines is 1. The number of ether oxygens (including phenoxy) is 1. The van der Waals surface area contributed by atoms with Crippen LogP contribution in [0.5, 0.6) is 5.75 Å². The maximum atomic E-state index is 14.0. The molecule has 1 amide bonds. The van der Waals surface area contributed by atoms with Crippen LogP contribution in [0, 0.1) is 17.1 Å². The van der Waals surface area contributed by atoms with E-state index in [1.54, 1.807) is 6.07 Å². The quantitative estimate of drug-likeness (QED) is 0.736. The summed E-state index contributed by atoms with van der Waals surface area (Å²) < 4.78 is 84.5. The van der Waals surface area contributed by atoms with E-state index in [-0.39, 0.29) is 11.3 Å². The first-order valence-electron chi connectivity index (χ1n) is 7.64. The highest BCUT2D eigenvalue weighted by Crippen LogP contribution is 2.44. The molecule has 0 unspecified atom stereocenters. The Kier molecular flexibility index (Phi) is 4.66. The molecule has 0 bridgehead atoms. The number of aromatic nitrogens is 1. The molecule has 0 radical (unpaired) electrons. The standard InChI is InChI=1S/C17H9F6N3O2/c18-12-1-2-13-14(11(12)6-16(19,20)21)28-17(22,23)15(27)26(13)8-9-3-4-25-10(5-9)7-24/h1-5H,6,8H2. The van der Waals surface area contributed by atoms with E-state index in [2.05, 4.69) is 9.72 Å². The predicted molar refractivity (Wildman–Crippen MR) is 81.9 cm³/mol. The number of rotatable bonds is 3. The largest absolute Gasteiger partial charge is 0.483 e. The zero-order chi connectivity index (χ0) is 20.7. The molecule has 0 aliphatic carbocycles. The number of nitrogens with zero attached hydrogens (tertiary/aromatic N) is 3. The van der Waals surface area contributed by atoms with E-state index in [9.17, 15) is 31.1 Å². The number of carbonyl (C=O) groups is 1. The van der Waals surface area contributed by atoms with Gasteiger partial charge in [-0.15, -0.1) is 0 Å². The number of amides is 1. The van der Waals surface area contributed by atoms with Gasteiger partial charge in [0.2, 0.25) is 0 Å². The molecule has 0 saturated carbocycles. The molecule has 3 rings (SSSR count). The third kappa shape index (κ3) is 3.71. The first-order chi connectivity index (χ1) is 13.0. The van der Waals surface area contributed by atoms with E-state index in [1.165, 1.54) is 18.3 Å². The minimum atomic E-state index is -4.90. The van der Waals surface area contributed by atoms with Crippen LogP contribution in [-0.2, 0) is 17.8 Å². The number of fused-ring (bicyclic) bond motifs is 1. The highest BCUT2D eigenvalue weighted by Gasteiger charge is 2.52. The Labute approximate surface area is 153 Å². The summed E-state index contributed by atoms with van der Waals surface area (Å²) in [5.74, 6) is -4.28. The normalized spacial score (nSPS) is 15.6. The molecular weight excluding hydrogens is 392 g/mol. The fourth-order valence-corrected chi connectivity index (χ4v) is 2.69. The summed E-state index contributed by atoms with van der Waals surface area (Å²) in [6.45, 7) is -0.515. The number of benzene rings is 1. The van der Waals surface area contributed by atoms with Crippen molar-refractivity contribution in [2.45, 2.75) is 25.3 Å². The van der Waals surface area contributed by atoms with E-state index in [0.717, 1.165) is 6.07 Å². The summed E-state index contributed by atoms with van der Waals surface area (Å²) in [5, 5.41) is 8.85. The fraction of sp³-hybridized carbons (Fsp3) is 0.235. The average molecular weight is 401 g/mol. The van der Waals surface area contributed by atoms with Crippen LogP contribution in [0.3, 0.4) is 0 Å². The van der Waals surface area contributed by atoms with E-state index >= 15 is 0 Å². The van der Waals surface area contributed by atoms with Crippen LogP contribution in [0.15, 0.2) is 30.5 Å². The minimum absolute atomic E-state index is 0.0536.